The molecule has 0 spiro atoms. The maximum atomic E-state index is 13.7. The number of benzene rings is 1. The summed E-state index contributed by atoms with van der Waals surface area (Å²) in [6.07, 6.45) is 12.8. The molecule has 4 saturated carbocycles. The van der Waals surface area contributed by atoms with Crippen molar-refractivity contribution in [3.05, 3.63) is 52.4 Å². The highest BCUT2D eigenvalue weighted by atomic mass is 32.2. The van der Waals surface area contributed by atoms with Crippen molar-refractivity contribution in [2.45, 2.75) is 70.3 Å². The van der Waals surface area contributed by atoms with Crippen LogP contribution >= 0.6 is 24.0 Å². The predicted octanol–water partition coefficient (Wildman–Crippen LogP) is 7.21. The lowest BCUT2D eigenvalue weighted by Crippen LogP contribution is -2.57. The van der Waals surface area contributed by atoms with Crippen molar-refractivity contribution in [3.8, 4) is 11.3 Å². The minimum atomic E-state index is -0.284. The van der Waals surface area contributed by atoms with Crippen molar-refractivity contribution in [1.29, 1.82) is 0 Å². The number of amides is 1. The second-order valence-corrected chi connectivity index (χ2v) is 13.0. The Labute approximate surface area is 227 Å². The zero-order chi connectivity index (χ0) is 25.5. The van der Waals surface area contributed by atoms with Crippen LogP contribution in [0, 0.1) is 29.5 Å². The molecule has 5 aliphatic rings. The Morgan fingerprint density at radius 2 is 1.70 bits per heavy atom. The van der Waals surface area contributed by atoms with Gasteiger partial charge >= 0.3 is 0 Å². The zero-order valence-electron chi connectivity index (χ0n) is 21.0. The third kappa shape index (κ3) is 5.07. The van der Waals surface area contributed by atoms with E-state index >= 15 is 0 Å². The number of rotatable bonds is 9. The van der Waals surface area contributed by atoms with E-state index in [1.165, 1.54) is 56.0 Å². The van der Waals surface area contributed by atoms with Gasteiger partial charge in [0.15, 0.2) is 0 Å². The van der Waals surface area contributed by atoms with Crippen LogP contribution in [0.5, 0.6) is 0 Å². The van der Waals surface area contributed by atoms with Gasteiger partial charge in [0.05, 0.1) is 4.91 Å². The Morgan fingerprint density at radius 1 is 1.03 bits per heavy atom. The Kier molecular flexibility index (Phi) is 7.30. The Morgan fingerprint density at radius 3 is 2.38 bits per heavy atom. The van der Waals surface area contributed by atoms with Crippen molar-refractivity contribution in [2.75, 3.05) is 6.61 Å². The minimum Gasteiger partial charge on any atom is -0.456 e. The summed E-state index contributed by atoms with van der Waals surface area (Å²) in [5.41, 5.74) is 1.85. The summed E-state index contributed by atoms with van der Waals surface area (Å²) in [6.45, 7) is 0.220. The number of hydrogen-bond acceptors (Lipinski definition) is 5. The lowest BCUT2D eigenvalue weighted by molar-refractivity contribution is -0.130. The minimum absolute atomic E-state index is 0.0288. The molecule has 1 aromatic carbocycles. The maximum absolute atomic E-state index is 13.7. The number of hydrogen-bond donors (Lipinski definition) is 1. The Bertz CT molecular complexity index is 1180. The molecule has 0 unspecified atom stereocenters. The van der Waals surface area contributed by atoms with Gasteiger partial charge in [-0.25, -0.2) is 4.39 Å². The number of aliphatic hydroxyl groups is 1. The number of nitrogens with zero attached hydrogens (tertiary/aromatic N) is 1. The van der Waals surface area contributed by atoms with Crippen LogP contribution in [-0.2, 0) is 11.2 Å². The Balaban J connectivity index is 1.25. The summed E-state index contributed by atoms with van der Waals surface area (Å²) < 4.78 is 20.4. The molecule has 1 saturated heterocycles. The fourth-order valence-electron chi connectivity index (χ4n) is 7.47. The maximum Gasteiger partial charge on any atom is 0.266 e. The van der Waals surface area contributed by atoms with Gasteiger partial charge < -0.3 is 9.52 Å². The summed E-state index contributed by atoms with van der Waals surface area (Å²) in [5, 5.41) is 9.07. The molecule has 4 bridgehead atoms. The van der Waals surface area contributed by atoms with E-state index < -0.39 is 0 Å². The number of thiocarbonyl (C=S) groups is 1. The van der Waals surface area contributed by atoms with Crippen molar-refractivity contribution in [3.63, 3.8) is 0 Å². The summed E-state index contributed by atoms with van der Waals surface area (Å²) in [7, 11) is 0. The van der Waals surface area contributed by atoms with Crippen molar-refractivity contribution in [2.24, 2.45) is 23.7 Å². The average Bonchev–Trinajstić information content (AvgIpc) is 3.39. The number of unbranched alkanes of at least 4 members (excludes halogenated alkanes) is 3. The molecule has 2 heterocycles. The SMILES string of the molecule is O=C1/C(=C\c2oc(-c3ccc(F)cc3)cc2CCCCCCO)SC(=S)N1C1C2CC3CC(C2)CC1C3. The van der Waals surface area contributed by atoms with Gasteiger partial charge in [0, 0.05) is 24.3 Å². The van der Waals surface area contributed by atoms with Crippen LogP contribution in [-0.4, -0.2) is 32.9 Å². The average molecular weight is 540 g/mol. The molecule has 4 aliphatic carbocycles. The van der Waals surface area contributed by atoms with Gasteiger partial charge in [-0.05, 0) is 111 Å². The highest BCUT2D eigenvalue weighted by molar-refractivity contribution is 8.26. The molecular weight excluding hydrogens is 505 g/mol. The number of thioether (sulfide) groups is 1. The highest BCUT2D eigenvalue weighted by Gasteiger charge is 2.53. The number of furan rings is 1. The molecule has 7 heteroatoms. The zero-order valence-corrected chi connectivity index (χ0v) is 22.7. The van der Waals surface area contributed by atoms with Crippen LogP contribution in [0.2, 0.25) is 0 Å². The highest BCUT2D eigenvalue weighted by Crippen LogP contribution is 2.56. The van der Waals surface area contributed by atoms with Gasteiger partial charge in [-0.3, -0.25) is 9.69 Å². The number of aliphatic hydroxyl groups excluding tert-OH is 1. The van der Waals surface area contributed by atoms with Gasteiger partial charge in [0.2, 0.25) is 0 Å². The van der Waals surface area contributed by atoms with Crippen LogP contribution in [0.25, 0.3) is 17.4 Å². The molecule has 2 aromatic rings. The van der Waals surface area contributed by atoms with Gasteiger partial charge in [0.25, 0.3) is 5.91 Å². The van der Waals surface area contributed by atoms with Gasteiger partial charge in [-0.15, -0.1) is 0 Å². The molecule has 4 nitrogen and oxygen atoms in total. The number of aryl methyl sites for hydroxylation is 1. The van der Waals surface area contributed by atoms with E-state index in [0.29, 0.717) is 32.6 Å². The molecule has 0 atom stereocenters. The monoisotopic (exact) mass is 539 g/mol. The lowest BCUT2D eigenvalue weighted by atomic mass is 9.54. The van der Waals surface area contributed by atoms with E-state index in [4.69, 9.17) is 21.7 Å². The van der Waals surface area contributed by atoms with E-state index in [1.807, 2.05) is 17.0 Å². The summed E-state index contributed by atoms with van der Waals surface area (Å²) >= 11 is 7.19. The predicted molar refractivity (Wildman–Crippen MR) is 149 cm³/mol. The molecule has 196 valence electrons. The largest absolute Gasteiger partial charge is 0.456 e. The molecule has 7 rings (SSSR count). The van der Waals surface area contributed by atoms with Gasteiger partial charge in [-0.1, -0.05) is 36.8 Å². The Hall–Kier alpha value is -1.96. The molecule has 5 fully saturated rings. The first kappa shape index (κ1) is 25.3. The van der Waals surface area contributed by atoms with Gasteiger partial charge in [-0.2, -0.15) is 0 Å². The first-order valence-electron chi connectivity index (χ1n) is 13.8. The normalized spacial score (nSPS) is 29.7. The van der Waals surface area contributed by atoms with Crippen molar-refractivity contribution in [1.82, 2.24) is 4.90 Å². The number of carbonyl (C=O) groups is 1. The first-order chi connectivity index (χ1) is 18.0. The van der Waals surface area contributed by atoms with Crippen LogP contribution < -0.4 is 0 Å². The fourth-order valence-corrected chi connectivity index (χ4v) is 8.79. The number of halogens is 1. The molecular formula is C30H34FNO3S2. The quantitative estimate of drug-likeness (QED) is 0.207. The van der Waals surface area contributed by atoms with Gasteiger partial charge in [0.1, 0.15) is 21.7 Å². The van der Waals surface area contributed by atoms with E-state index in [0.717, 1.165) is 55.1 Å². The van der Waals surface area contributed by atoms with Crippen molar-refractivity contribution < 1.29 is 18.7 Å². The van der Waals surface area contributed by atoms with Crippen LogP contribution in [0.15, 0.2) is 39.7 Å². The number of carbonyl (C=O) groups excluding carboxylic acids is 1. The molecule has 0 radical (unpaired) electrons. The fraction of sp³-hybridized carbons (Fsp3) is 0.533. The summed E-state index contributed by atoms with van der Waals surface area (Å²) in [6, 6.07) is 8.57. The van der Waals surface area contributed by atoms with Crippen LogP contribution in [0.1, 0.15) is 69.1 Å². The van der Waals surface area contributed by atoms with Crippen LogP contribution in [0.4, 0.5) is 4.39 Å². The third-order valence-corrected chi connectivity index (χ3v) is 10.2. The molecule has 1 aromatic heterocycles. The van der Waals surface area contributed by atoms with Crippen molar-refractivity contribution >= 4 is 40.3 Å². The summed E-state index contributed by atoms with van der Waals surface area (Å²) in [4.78, 5) is 16.3. The molecule has 1 amide bonds. The lowest BCUT2D eigenvalue weighted by Gasteiger charge is -2.56. The second kappa shape index (κ2) is 10.7. The van der Waals surface area contributed by atoms with Crippen LogP contribution in [0.3, 0.4) is 0 Å². The summed E-state index contributed by atoms with van der Waals surface area (Å²) in [5.74, 6) is 3.97. The van der Waals surface area contributed by atoms with E-state index in [9.17, 15) is 9.18 Å². The standard InChI is InChI=1S/C30H34FNO3S2/c31-24-8-6-20(7-9-24)25-16-21(5-3-1-2-4-10-33)26(35-25)17-27-29(34)32(30(36)37-27)28-22-12-18-11-19(14-22)15-23(28)13-18/h6-9,16-19,22-23,28,33H,1-5,10-15H2/b27-17+. The molecule has 1 N–H and O–H groups in total. The third-order valence-electron chi connectivity index (χ3n) is 8.89. The topological polar surface area (TPSA) is 53.7 Å². The smallest absolute Gasteiger partial charge is 0.266 e. The molecule has 1 aliphatic heterocycles. The van der Waals surface area contributed by atoms with E-state index in [-0.39, 0.29) is 24.4 Å². The van der Waals surface area contributed by atoms with E-state index in [1.54, 1.807) is 12.1 Å². The molecule has 37 heavy (non-hydrogen) atoms. The van der Waals surface area contributed by atoms with E-state index in [2.05, 4.69) is 0 Å². The first-order valence-corrected chi connectivity index (χ1v) is 15.0. The second-order valence-electron chi connectivity index (χ2n) is 11.4.